The molecule has 2 saturated carbocycles. The molecule has 36 heavy (non-hydrogen) atoms. The van der Waals surface area contributed by atoms with Crippen LogP contribution in [0.3, 0.4) is 0 Å². The van der Waals surface area contributed by atoms with Gasteiger partial charge in [0.2, 0.25) is 11.8 Å². The maximum Gasteiger partial charge on any atom is 0.225 e. The lowest BCUT2D eigenvalue weighted by Gasteiger charge is -2.53. The van der Waals surface area contributed by atoms with Crippen LogP contribution >= 0.6 is 0 Å². The van der Waals surface area contributed by atoms with Gasteiger partial charge in [-0.2, -0.15) is 0 Å². The fraction of sp³-hybridized carbons (Fsp3) is 0.643. The van der Waals surface area contributed by atoms with Gasteiger partial charge >= 0.3 is 0 Å². The number of aromatic amines is 1. The Kier molecular flexibility index (Phi) is 6.88. The van der Waals surface area contributed by atoms with E-state index in [4.69, 9.17) is 0 Å². The van der Waals surface area contributed by atoms with Gasteiger partial charge in [0.15, 0.2) is 11.6 Å². The van der Waals surface area contributed by atoms with Gasteiger partial charge in [-0.1, -0.05) is 19.4 Å². The number of carbonyl (C=O) groups is 3. The summed E-state index contributed by atoms with van der Waals surface area (Å²) >= 11 is 0. The van der Waals surface area contributed by atoms with Gasteiger partial charge in [-0.05, 0) is 69.4 Å². The summed E-state index contributed by atoms with van der Waals surface area (Å²) in [4.78, 5) is 49.0. The molecule has 0 unspecified atom stereocenters. The van der Waals surface area contributed by atoms with Crippen molar-refractivity contribution in [2.24, 2.45) is 11.3 Å². The molecule has 1 aliphatic heterocycles. The number of aromatic nitrogens is 2. The molecule has 3 aliphatic rings. The van der Waals surface area contributed by atoms with E-state index in [1.54, 1.807) is 12.1 Å². The Bertz CT molecular complexity index is 1150. The lowest BCUT2D eigenvalue weighted by molar-refractivity contribution is -0.142. The van der Waals surface area contributed by atoms with E-state index >= 15 is 0 Å². The van der Waals surface area contributed by atoms with Crippen LogP contribution in [0, 0.1) is 17.2 Å². The number of piperidine rings is 1. The average Bonchev–Trinajstić information content (AvgIpc) is 3.23. The van der Waals surface area contributed by atoms with Crippen LogP contribution in [0.15, 0.2) is 18.2 Å². The minimum Gasteiger partial charge on any atom is -0.346 e. The molecule has 5 rings (SSSR count). The van der Waals surface area contributed by atoms with Crippen LogP contribution in [0.2, 0.25) is 0 Å². The number of amides is 2. The molecule has 1 spiro atoms. The fourth-order valence-electron chi connectivity index (χ4n) is 6.34. The Morgan fingerprint density at radius 3 is 2.64 bits per heavy atom. The van der Waals surface area contributed by atoms with Crippen LogP contribution in [0.25, 0.3) is 11.0 Å². The summed E-state index contributed by atoms with van der Waals surface area (Å²) in [6.07, 6.45) is 8.50. The number of hydrogen-bond acceptors (Lipinski definition) is 4. The first-order valence-electron chi connectivity index (χ1n) is 13.5. The van der Waals surface area contributed by atoms with E-state index in [9.17, 15) is 18.8 Å². The van der Waals surface area contributed by atoms with Crippen LogP contribution in [0.5, 0.6) is 0 Å². The maximum absolute atomic E-state index is 14.1. The summed E-state index contributed by atoms with van der Waals surface area (Å²) in [5.41, 5.74) is 1.19. The van der Waals surface area contributed by atoms with Crippen molar-refractivity contribution >= 4 is 28.6 Å². The molecule has 0 radical (unpaired) electrons. The number of imidazole rings is 1. The molecule has 2 N–H and O–H groups in total. The normalized spacial score (nSPS) is 23.1. The van der Waals surface area contributed by atoms with Gasteiger partial charge in [0.25, 0.3) is 0 Å². The Hall–Kier alpha value is -2.77. The first kappa shape index (κ1) is 24.9. The van der Waals surface area contributed by atoms with Crippen molar-refractivity contribution in [3.05, 3.63) is 29.8 Å². The van der Waals surface area contributed by atoms with Crippen molar-refractivity contribution in [1.82, 2.24) is 20.2 Å². The summed E-state index contributed by atoms with van der Waals surface area (Å²) < 4.78 is 14.1. The van der Waals surface area contributed by atoms with Crippen LogP contribution in [-0.2, 0) is 14.4 Å². The maximum atomic E-state index is 14.1. The Morgan fingerprint density at radius 1 is 1.19 bits per heavy atom. The second-order valence-electron chi connectivity index (χ2n) is 11.5. The number of hydrogen-bond donors (Lipinski definition) is 2. The van der Waals surface area contributed by atoms with Crippen molar-refractivity contribution in [3.63, 3.8) is 0 Å². The molecule has 194 valence electrons. The zero-order valence-electron chi connectivity index (χ0n) is 21.3. The highest BCUT2D eigenvalue weighted by atomic mass is 19.1. The molecule has 8 heteroatoms. The van der Waals surface area contributed by atoms with Crippen molar-refractivity contribution in [2.45, 2.75) is 96.1 Å². The number of ketones is 1. The number of nitrogens with one attached hydrogen (secondary N) is 2. The van der Waals surface area contributed by atoms with Crippen molar-refractivity contribution in [3.8, 4) is 0 Å². The molecule has 2 aliphatic carbocycles. The summed E-state index contributed by atoms with van der Waals surface area (Å²) in [7, 11) is 0. The van der Waals surface area contributed by atoms with Gasteiger partial charge in [0.05, 0.1) is 18.0 Å². The van der Waals surface area contributed by atoms with E-state index in [2.05, 4.69) is 15.3 Å². The topological polar surface area (TPSA) is 95.2 Å². The Labute approximate surface area is 211 Å². The predicted octanol–water partition coefficient (Wildman–Crippen LogP) is 4.62. The van der Waals surface area contributed by atoms with Gasteiger partial charge in [-0.3, -0.25) is 14.4 Å². The summed E-state index contributed by atoms with van der Waals surface area (Å²) in [6, 6.07) is 4.00. The van der Waals surface area contributed by atoms with Gasteiger partial charge in [-0.15, -0.1) is 0 Å². The summed E-state index contributed by atoms with van der Waals surface area (Å²) in [5, 5.41) is 2.96. The third kappa shape index (κ3) is 4.91. The number of H-pyrrole nitrogens is 1. The Morgan fingerprint density at radius 2 is 1.97 bits per heavy atom. The monoisotopic (exact) mass is 496 g/mol. The third-order valence-corrected chi connectivity index (χ3v) is 8.81. The minimum atomic E-state index is -0.861. The van der Waals surface area contributed by atoms with Crippen molar-refractivity contribution in [1.29, 1.82) is 0 Å². The minimum absolute atomic E-state index is 0.0196. The lowest BCUT2D eigenvalue weighted by Crippen LogP contribution is -2.53. The highest BCUT2D eigenvalue weighted by molar-refractivity contribution is 5.94. The molecule has 2 amide bonds. The average molecular weight is 497 g/mol. The zero-order valence-corrected chi connectivity index (χ0v) is 21.3. The number of fused-ring (bicyclic) bond motifs is 1. The van der Waals surface area contributed by atoms with Crippen molar-refractivity contribution in [2.75, 3.05) is 6.54 Å². The molecular formula is C28H37FN4O3. The second-order valence-corrected chi connectivity index (χ2v) is 11.5. The van der Waals surface area contributed by atoms with Gasteiger partial charge in [0, 0.05) is 30.8 Å². The molecule has 7 nitrogen and oxygen atoms in total. The first-order chi connectivity index (χ1) is 17.2. The molecule has 1 aromatic heterocycles. The number of benzene rings is 1. The predicted molar refractivity (Wildman–Crippen MR) is 135 cm³/mol. The smallest absolute Gasteiger partial charge is 0.225 e. The van der Waals surface area contributed by atoms with E-state index in [0.717, 1.165) is 32.1 Å². The number of halogens is 1. The SMILES string of the molecule is C[C@H](CC(=O)[C@H](CC(=O)N1CCCC[C@@H]1C)NC(=O)C1CC2(CCC2)C1)c1nc2c(F)cccc2[nH]1. The quantitative estimate of drug-likeness (QED) is 0.557. The van der Waals surface area contributed by atoms with Crippen molar-refractivity contribution < 1.29 is 18.8 Å². The van der Waals surface area contributed by atoms with Crippen LogP contribution in [0.1, 0.15) is 89.8 Å². The molecule has 3 atom stereocenters. The molecular weight excluding hydrogens is 459 g/mol. The van der Waals surface area contributed by atoms with Gasteiger partial charge < -0.3 is 15.2 Å². The number of likely N-dealkylation sites (tertiary alicyclic amines) is 1. The highest BCUT2D eigenvalue weighted by Crippen LogP contribution is 2.58. The molecule has 3 fully saturated rings. The first-order valence-corrected chi connectivity index (χ1v) is 13.5. The molecule has 1 saturated heterocycles. The number of rotatable bonds is 8. The number of para-hydroxylation sites is 1. The van der Waals surface area contributed by atoms with Crippen LogP contribution in [0.4, 0.5) is 4.39 Å². The third-order valence-electron chi connectivity index (χ3n) is 8.81. The zero-order chi connectivity index (χ0) is 25.4. The number of Topliss-reactive ketones (excluding diaryl/α,β-unsaturated/α-hetero) is 1. The van der Waals surface area contributed by atoms with E-state index in [1.165, 1.54) is 25.3 Å². The van der Waals surface area contributed by atoms with E-state index in [-0.39, 0.29) is 53.8 Å². The molecule has 2 aromatic rings. The van der Waals surface area contributed by atoms with Gasteiger partial charge in [0.1, 0.15) is 11.3 Å². The largest absolute Gasteiger partial charge is 0.346 e. The molecule has 2 heterocycles. The highest BCUT2D eigenvalue weighted by Gasteiger charge is 2.51. The lowest BCUT2D eigenvalue weighted by atomic mass is 9.51. The fourth-order valence-corrected chi connectivity index (χ4v) is 6.34. The van der Waals surface area contributed by atoms with Gasteiger partial charge in [-0.25, -0.2) is 9.37 Å². The summed E-state index contributed by atoms with van der Waals surface area (Å²) in [6.45, 7) is 4.59. The standard InChI is InChI=1S/C28H37FN4O3/c1-17(26-30-21-9-5-8-20(29)25(21)32-26)13-23(34)22(14-24(35)33-12-4-3-7-18(33)2)31-27(36)19-15-28(16-19)10-6-11-28/h5,8-9,17-19,22H,3-4,6-7,10-16H2,1-2H3,(H,30,32)(H,31,36)/t17-,18+,22+/m1/s1. The molecule has 1 aromatic carbocycles. The van der Waals surface area contributed by atoms with Crippen LogP contribution < -0.4 is 5.32 Å². The number of nitrogens with zero attached hydrogens (tertiary/aromatic N) is 2. The van der Waals surface area contributed by atoms with E-state index in [1.807, 2.05) is 18.7 Å². The van der Waals surface area contributed by atoms with E-state index in [0.29, 0.717) is 23.3 Å². The molecule has 0 bridgehead atoms. The Balaban J connectivity index is 1.27. The van der Waals surface area contributed by atoms with Crippen LogP contribution in [-0.4, -0.2) is 51.1 Å². The summed E-state index contributed by atoms with van der Waals surface area (Å²) in [5.74, 6) is -0.644. The number of carbonyl (C=O) groups excluding carboxylic acids is 3. The van der Waals surface area contributed by atoms with E-state index < -0.39 is 11.9 Å². The second kappa shape index (κ2) is 9.94.